The van der Waals surface area contributed by atoms with Gasteiger partial charge in [0.15, 0.2) is 13.1 Å². The average molecular weight is 353 g/mol. The van der Waals surface area contributed by atoms with E-state index in [1.165, 1.54) is 0 Å². The second-order valence-corrected chi connectivity index (χ2v) is 5.42. The summed E-state index contributed by atoms with van der Waals surface area (Å²) < 4.78 is 0.716. The third kappa shape index (κ3) is 10.5. The third-order valence-electron chi connectivity index (χ3n) is 2.44. The van der Waals surface area contributed by atoms with Gasteiger partial charge in [-0.2, -0.15) is 0 Å². The van der Waals surface area contributed by atoms with E-state index in [1.807, 2.05) is 28.2 Å². The average Bonchev–Trinajstić information content (AvgIpc) is 1.96. The molecule has 0 aliphatic heterocycles. The topological polar surface area (TPSA) is 74.6 Å². The molecule has 0 aliphatic rings. The van der Waals surface area contributed by atoms with Gasteiger partial charge in [-0.3, -0.25) is 0 Å². The minimum absolute atomic E-state index is 0. The molecule has 0 fully saturated rings. The molecule has 0 bridgehead atoms. The van der Waals surface area contributed by atoms with Gasteiger partial charge in [0.1, 0.15) is 13.1 Å². The van der Waals surface area contributed by atoms with Crippen molar-refractivity contribution in [2.75, 3.05) is 54.4 Å². The van der Waals surface area contributed by atoms with Gasteiger partial charge in [0.2, 0.25) is 0 Å². The molecule has 0 rings (SSSR count). The van der Waals surface area contributed by atoms with Crippen LogP contribution in [-0.2, 0) is 9.59 Å². The second kappa shape index (κ2) is 7.17. The molecule has 6 nitrogen and oxygen atoms in total. The van der Waals surface area contributed by atoms with E-state index in [9.17, 15) is 9.59 Å². The number of aliphatic carboxylic acids is 2. The van der Waals surface area contributed by atoms with E-state index in [1.54, 1.807) is 0 Å². The number of hydrogen-bond donors (Lipinski definition) is 2. The van der Waals surface area contributed by atoms with Crippen LogP contribution in [0.3, 0.4) is 0 Å². The number of nitrogens with zero attached hydrogens (tertiary/aromatic N) is 2. The summed E-state index contributed by atoms with van der Waals surface area (Å²) in [6.07, 6.45) is 0. The molecule has 0 spiro atoms. The van der Waals surface area contributed by atoms with Crippen molar-refractivity contribution in [3.63, 3.8) is 0 Å². The van der Waals surface area contributed by atoms with E-state index in [-0.39, 0.29) is 37.0 Å². The van der Waals surface area contributed by atoms with Crippen molar-refractivity contribution in [2.24, 2.45) is 0 Å². The molecule has 7 heteroatoms. The summed E-state index contributed by atoms with van der Waals surface area (Å²) in [5.74, 6) is -1.68. The number of carbonyl (C=O) groups is 2. The standard InChI is InChI=1S/C10H20N2O4.Sn/c1-11(2,7-9(13)14)5-6-12(3,4)8-10(15)16;/h5-8H2,1-4H3;/p+2. The summed E-state index contributed by atoms with van der Waals surface area (Å²) in [6.45, 7) is 1.36. The van der Waals surface area contributed by atoms with Crippen LogP contribution in [0.1, 0.15) is 0 Å². The molecule has 0 saturated carbocycles. The first-order valence-electron chi connectivity index (χ1n) is 5.12. The summed E-state index contributed by atoms with van der Waals surface area (Å²) in [5.41, 5.74) is 0. The van der Waals surface area contributed by atoms with Gasteiger partial charge in [0.05, 0.1) is 28.2 Å². The molecule has 17 heavy (non-hydrogen) atoms. The predicted octanol–water partition coefficient (Wildman–Crippen LogP) is -1.07. The van der Waals surface area contributed by atoms with Crippen molar-refractivity contribution in [2.45, 2.75) is 0 Å². The quantitative estimate of drug-likeness (QED) is 0.452. The molecule has 0 heterocycles. The molecule has 0 amide bonds. The van der Waals surface area contributed by atoms with E-state index < -0.39 is 11.9 Å². The Balaban J connectivity index is 0. The molecule has 0 aromatic heterocycles. The maximum absolute atomic E-state index is 10.6. The van der Waals surface area contributed by atoms with Crippen LogP contribution in [0.15, 0.2) is 0 Å². The van der Waals surface area contributed by atoms with Gasteiger partial charge in [-0.15, -0.1) is 0 Å². The number of carboxylic acid groups (broad SMARTS) is 2. The molecule has 0 atom stereocenters. The Morgan fingerprint density at radius 3 is 1.24 bits per heavy atom. The molecule has 98 valence electrons. The zero-order valence-electron chi connectivity index (χ0n) is 10.9. The zero-order chi connectivity index (χ0) is 13.0. The van der Waals surface area contributed by atoms with Gasteiger partial charge in [-0.25, -0.2) is 9.59 Å². The first-order chi connectivity index (χ1) is 7.04. The summed E-state index contributed by atoms with van der Waals surface area (Å²) in [7, 11) is 7.31. The van der Waals surface area contributed by atoms with Gasteiger partial charge in [0, 0.05) is 23.9 Å². The monoisotopic (exact) mass is 354 g/mol. The molecule has 0 aliphatic carbocycles. The number of carboxylic acids is 2. The van der Waals surface area contributed by atoms with E-state index in [0.717, 1.165) is 0 Å². The normalized spacial score (nSPS) is 11.8. The second-order valence-electron chi connectivity index (χ2n) is 5.42. The molecule has 0 saturated heterocycles. The van der Waals surface area contributed by atoms with Crippen LogP contribution in [0.2, 0.25) is 0 Å². The minimum atomic E-state index is -0.839. The van der Waals surface area contributed by atoms with Gasteiger partial charge < -0.3 is 19.2 Å². The first kappa shape index (κ1) is 19.0. The van der Waals surface area contributed by atoms with E-state index in [4.69, 9.17) is 10.2 Å². The Bertz CT molecular complexity index is 251. The Morgan fingerprint density at radius 2 is 1.06 bits per heavy atom. The number of rotatable bonds is 7. The summed E-state index contributed by atoms with van der Waals surface area (Å²) in [5, 5.41) is 17.4. The SMILES string of the molecule is C[N+](C)(CC[N+](C)(C)CC(=O)O)CC(=O)O.[Sn]. The summed E-state index contributed by atoms with van der Waals surface area (Å²) in [4.78, 5) is 21.2. The molecular formula is C10H22N2O4Sn+2. The minimum Gasteiger partial charge on any atom is -0.477 e. The predicted molar refractivity (Wildman–Crippen MR) is 64.7 cm³/mol. The van der Waals surface area contributed by atoms with Crippen LogP contribution in [0.4, 0.5) is 0 Å². The Morgan fingerprint density at radius 1 is 0.824 bits per heavy atom. The van der Waals surface area contributed by atoms with E-state index >= 15 is 0 Å². The maximum Gasteiger partial charge on any atom is 0.359 e. The first-order valence-corrected chi connectivity index (χ1v) is 5.12. The van der Waals surface area contributed by atoms with Gasteiger partial charge in [-0.05, 0) is 0 Å². The molecule has 4 radical (unpaired) electrons. The molecule has 0 aromatic rings. The van der Waals surface area contributed by atoms with Crippen LogP contribution in [0, 0.1) is 0 Å². The third-order valence-corrected chi connectivity index (χ3v) is 2.44. The van der Waals surface area contributed by atoms with Gasteiger partial charge in [0.25, 0.3) is 0 Å². The molecular weight excluding hydrogens is 331 g/mol. The van der Waals surface area contributed by atoms with Crippen LogP contribution in [0.5, 0.6) is 0 Å². The molecule has 0 aromatic carbocycles. The Labute approximate surface area is 119 Å². The van der Waals surface area contributed by atoms with Crippen molar-refractivity contribution in [3.8, 4) is 0 Å². The van der Waals surface area contributed by atoms with Crippen LogP contribution < -0.4 is 0 Å². The largest absolute Gasteiger partial charge is 0.477 e. The summed E-state index contributed by atoms with van der Waals surface area (Å²) in [6, 6.07) is 0. The molecule has 2 N–H and O–H groups in total. The fraction of sp³-hybridized carbons (Fsp3) is 0.800. The van der Waals surface area contributed by atoms with Crippen molar-refractivity contribution in [1.82, 2.24) is 0 Å². The van der Waals surface area contributed by atoms with Crippen LogP contribution in [0.25, 0.3) is 0 Å². The fourth-order valence-electron chi connectivity index (χ4n) is 1.43. The van der Waals surface area contributed by atoms with Crippen LogP contribution in [-0.4, -0.2) is 109 Å². The van der Waals surface area contributed by atoms with Gasteiger partial charge >= 0.3 is 11.9 Å². The van der Waals surface area contributed by atoms with Crippen molar-refractivity contribution in [1.29, 1.82) is 0 Å². The number of quaternary nitrogens is 2. The van der Waals surface area contributed by atoms with E-state index in [0.29, 0.717) is 22.1 Å². The smallest absolute Gasteiger partial charge is 0.359 e. The van der Waals surface area contributed by atoms with Crippen molar-refractivity contribution in [3.05, 3.63) is 0 Å². The van der Waals surface area contributed by atoms with Gasteiger partial charge in [-0.1, -0.05) is 0 Å². The Kier molecular flexibility index (Phi) is 8.02. The number of hydrogen-bond acceptors (Lipinski definition) is 2. The Hall–Kier alpha value is -0.341. The summed E-state index contributed by atoms with van der Waals surface area (Å²) >= 11 is 0. The van der Waals surface area contributed by atoms with Crippen molar-refractivity contribution >= 4 is 35.8 Å². The van der Waals surface area contributed by atoms with Crippen LogP contribution >= 0.6 is 0 Å². The van der Waals surface area contributed by atoms with Crippen molar-refractivity contribution < 1.29 is 28.8 Å². The number of likely N-dealkylation sites (N-methyl/N-ethyl adjacent to an activating group) is 2. The van der Waals surface area contributed by atoms with E-state index in [2.05, 4.69) is 0 Å². The molecule has 0 unspecified atom stereocenters. The fourth-order valence-corrected chi connectivity index (χ4v) is 1.43. The maximum atomic E-state index is 10.6. The zero-order valence-corrected chi connectivity index (χ0v) is 13.8.